The van der Waals surface area contributed by atoms with Gasteiger partial charge in [0.1, 0.15) is 0 Å². The molecule has 4 heavy (non-hydrogen) atoms. The molecule has 0 atom stereocenters. The minimum atomic E-state index is 0. The molecule has 13 valence electrons. The Morgan fingerprint density at radius 2 is 0.500 bits per heavy atom. The Labute approximate surface area is 116 Å². The fourth-order valence-corrected chi connectivity index (χ4v) is 0. The van der Waals surface area contributed by atoms with Crippen molar-refractivity contribution in [3.8, 4) is 0 Å². The van der Waals surface area contributed by atoms with E-state index in [4.69, 9.17) is 0 Å². The monoisotopic (exact) mass is 485 g/mol. The van der Waals surface area contributed by atoms with Crippen molar-refractivity contribution in [1.82, 2.24) is 0 Å². The Kier molecular flexibility index (Phi) is 96.6. The summed E-state index contributed by atoms with van der Waals surface area (Å²) in [6, 6.07) is 0. The van der Waals surface area contributed by atoms with Crippen molar-refractivity contribution >= 4 is 77.5 Å². The van der Waals surface area contributed by atoms with Crippen molar-refractivity contribution in [1.29, 1.82) is 0 Å². The van der Waals surface area contributed by atoms with Crippen molar-refractivity contribution in [3.05, 3.63) is 0 Å². The van der Waals surface area contributed by atoms with Crippen LogP contribution in [0.5, 0.6) is 0 Å². The molecule has 0 aromatic rings. The minimum Gasteiger partial charge on any atom is 0 e. The molecule has 0 bridgehead atoms. The van der Waals surface area contributed by atoms with Crippen LogP contribution in [0.25, 0.3) is 0 Å². The first-order valence-corrected chi connectivity index (χ1v) is 0. The van der Waals surface area contributed by atoms with Gasteiger partial charge in [-0.2, -0.15) is 0 Å². The van der Waals surface area contributed by atoms with E-state index in [1.54, 1.807) is 0 Å². The zero-order valence-electron chi connectivity index (χ0n) is 2.23. The van der Waals surface area contributed by atoms with E-state index >= 15 is 0 Å². The Hall–Kier alpha value is 3.99. The van der Waals surface area contributed by atoms with Crippen LogP contribution in [0, 0.1) is 41.7 Å². The molecule has 0 spiro atoms. The van der Waals surface area contributed by atoms with Crippen LogP contribution in [0.1, 0.15) is 0 Å². The third-order valence-electron chi connectivity index (χ3n) is 0. The summed E-state index contributed by atoms with van der Waals surface area (Å²) < 4.78 is 0. The maximum atomic E-state index is 0. The molecule has 0 N–H and O–H groups in total. The zero-order valence-corrected chi connectivity index (χ0v) is 15.3. The second kappa shape index (κ2) is 15.8. The molecule has 0 saturated heterocycles. The molecular weight excluding hydrogens is 485 g/mol. The van der Waals surface area contributed by atoms with Gasteiger partial charge in [-0.05, 0) is 0 Å². The maximum Gasteiger partial charge on any atom is 0 e. The summed E-state index contributed by atoms with van der Waals surface area (Å²) in [5.41, 5.74) is 0. The largest absolute Gasteiger partial charge is 0 e. The third kappa shape index (κ3) is 9.37. The molecule has 4 heteroatoms. The van der Waals surface area contributed by atoms with Gasteiger partial charge in [-0.15, -0.1) is 0 Å². The number of hydrogen-bond donors (Lipinski definition) is 0. The first kappa shape index (κ1) is 24.5. The van der Waals surface area contributed by atoms with Gasteiger partial charge in [0.05, 0.1) is 0 Å². The molecule has 0 nitrogen and oxygen atoms in total. The predicted molar refractivity (Wildman–Crippen MR) is 17.3 cm³/mol. The van der Waals surface area contributed by atoms with E-state index in [1.165, 1.54) is 0 Å². The van der Waals surface area contributed by atoms with Gasteiger partial charge in [0.2, 0.25) is 0 Å². The molecule has 0 aliphatic rings. The fourth-order valence-electron chi connectivity index (χ4n) is 0. The van der Waals surface area contributed by atoms with Crippen LogP contribution in [0.4, 0.5) is 0 Å². The van der Waals surface area contributed by atoms with E-state index in [9.17, 15) is 0 Å². The van der Waals surface area contributed by atoms with Crippen LogP contribution in [0.2, 0.25) is 0 Å². The standard InChI is InChI=1S/Ce.3In. The van der Waals surface area contributed by atoms with E-state index in [-0.39, 0.29) is 119 Å². The molecule has 0 aliphatic carbocycles. The van der Waals surface area contributed by atoms with Gasteiger partial charge in [-0.1, -0.05) is 0 Å². The topological polar surface area (TPSA) is 0 Å². The third-order valence-corrected chi connectivity index (χ3v) is 0. The summed E-state index contributed by atoms with van der Waals surface area (Å²) >= 11 is 0. The first-order chi connectivity index (χ1) is 0. The van der Waals surface area contributed by atoms with E-state index in [0.717, 1.165) is 0 Å². The van der Waals surface area contributed by atoms with E-state index < -0.39 is 0 Å². The van der Waals surface area contributed by atoms with Crippen LogP contribution < -0.4 is 0 Å². The molecule has 0 heterocycles. The fraction of sp³-hybridized carbons (Fsp3) is 0. The van der Waals surface area contributed by atoms with Crippen molar-refractivity contribution < 1.29 is 41.7 Å². The molecule has 0 fully saturated rings. The second-order valence-corrected chi connectivity index (χ2v) is 0. The van der Waals surface area contributed by atoms with Crippen molar-refractivity contribution in [2.45, 2.75) is 0 Å². The summed E-state index contributed by atoms with van der Waals surface area (Å²) in [4.78, 5) is 0. The summed E-state index contributed by atoms with van der Waals surface area (Å²) in [6.45, 7) is 0. The SMILES string of the molecule is [Ce].[In].[In].[In]. The van der Waals surface area contributed by atoms with Gasteiger partial charge in [-0.25, -0.2) is 0 Å². The first-order valence-electron chi connectivity index (χ1n) is 0. The zero-order chi connectivity index (χ0) is 0. The predicted octanol–water partition coefficient (Wildman–Crippen LogP) is -1.14. The quantitative estimate of drug-likeness (QED) is 0.408. The van der Waals surface area contributed by atoms with Crippen molar-refractivity contribution in [3.63, 3.8) is 0 Å². The molecule has 0 saturated carbocycles. The van der Waals surface area contributed by atoms with Gasteiger partial charge < -0.3 is 0 Å². The maximum absolute atomic E-state index is 0. The Balaban J connectivity index is 0. The molecule has 0 amide bonds. The van der Waals surface area contributed by atoms with Crippen LogP contribution >= 0.6 is 0 Å². The number of rotatable bonds is 0. The van der Waals surface area contributed by atoms with Crippen molar-refractivity contribution in [2.24, 2.45) is 0 Å². The summed E-state index contributed by atoms with van der Waals surface area (Å²) in [6.07, 6.45) is 0. The van der Waals surface area contributed by atoms with E-state index in [2.05, 4.69) is 0 Å². The molecule has 0 unspecified atom stereocenters. The molecule has 0 aliphatic heterocycles. The summed E-state index contributed by atoms with van der Waals surface area (Å²) in [5, 5.41) is 0. The molecule has 9 radical (unpaired) electrons. The Bertz CT molecular complexity index is 3.25. The van der Waals surface area contributed by atoms with Gasteiger partial charge in [-0.3, -0.25) is 0 Å². The van der Waals surface area contributed by atoms with Crippen LogP contribution in [0.15, 0.2) is 0 Å². The molecule has 0 rings (SSSR count). The summed E-state index contributed by atoms with van der Waals surface area (Å²) in [5.74, 6) is 0. The van der Waals surface area contributed by atoms with Gasteiger partial charge in [0, 0.05) is 119 Å². The van der Waals surface area contributed by atoms with E-state index in [1.807, 2.05) is 0 Å². The van der Waals surface area contributed by atoms with Crippen LogP contribution in [-0.2, 0) is 0 Å². The second-order valence-electron chi connectivity index (χ2n) is 0. The molecular formula is CeIn3. The van der Waals surface area contributed by atoms with Gasteiger partial charge in [0.15, 0.2) is 0 Å². The molecule has 0 aromatic heterocycles. The van der Waals surface area contributed by atoms with E-state index in [0.29, 0.717) is 0 Å². The minimum absolute atomic E-state index is 0. The Morgan fingerprint density at radius 1 is 0.500 bits per heavy atom. The smallest absolute Gasteiger partial charge is 0 e. The average molecular weight is 485 g/mol. The molecule has 0 aromatic carbocycles. The number of hydrogen-bond acceptors (Lipinski definition) is 0. The average Bonchev–Trinajstić information content (AvgIpc) is 0. The van der Waals surface area contributed by atoms with Crippen LogP contribution in [0.3, 0.4) is 0 Å². The summed E-state index contributed by atoms with van der Waals surface area (Å²) in [7, 11) is 0. The van der Waals surface area contributed by atoms with Gasteiger partial charge in [0.25, 0.3) is 0 Å². The van der Waals surface area contributed by atoms with Crippen molar-refractivity contribution in [2.75, 3.05) is 0 Å². The van der Waals surface area contributed by atoms with Crippen LogP contribution in [-0.4, -0.2) is 77.5 Å². The Morgan fingerprint density at radius 3 is 0.500 bits per heavy atom. The normalized spacial score (nSPS) is 0. The van der Waals surface area contributed by atoms with Gasteiger partial charge >= 0.3 is 0 Å².